The Balaban J connectivity index is 2.27. The lowest BCUT2D eigenvalue weighted by Crippen LogP contribution is -2.38. The van der Waals surface area contributed by atoms with Crippen LogP contribution in [0.1, 0.15) is 26.3 Å². The molecule has 1 heterocycles. The fourth-order valence-corrected chi connectivity index (χ4v) is 1.73. The first kappa shape index (κ1) is 13.1. The average Bonchev–Trinajstić information content (AvgIpc) is 2.34. The Bertz CT molecular complexity index is 270. The highest BCUT2D eigenvalue weighted by Gasteiger charge is 2.05. The largest absolute Gasteiger partial charge is 0.309 e. The van der Waals surface area contributed by atoms with Gasteiger partial charge < -0.3 is 10.2 Å². The molecule has 1 unspecified atom stereocenters. The number of aromatic nitrogens is 1. The third kappa shape index (κ3) is 4.73. The first-order valence-electron chi connectivity index (χ1n) is 6.10. The summed E-state index contributed by atoms with van der Waals surface area (Å²) in [6.45, 7) is 10.9. The maximum absolute atomic E-state index is 4.01. The van der Waals surface area contributed by atoms with Gasteiger partial charge in [0.05, 0.1) is 0 Å². The van der Waals surface area contributed by atoms with E-state index in [2.05, 4.69) is 48.1 Å². The van der Waals surface area contributed by atoms with E-state index in [9.17, 15) is 0 Å². The van der Waals surface area contributed by atoms with Gasteiger partial charge in [-0.2, -0.15) is 0 Å². The van der Waals surface area contributed by atoms with Crippen LogP contribution in [-0.4, -0.2) is 35.6 Å². The van der Waals surface area contributed by atoms with Crippen molar-refractivity contribution in [3.63, 3.8) is 0 Å². The molecule has 0 fully saturated rings. The summed E-state index contributed by atoms with van der Waals surface area (Å²) in [7, 11) is 0. The molecule has 3 heteroatoms. The molecule has 0 bridgehead atoms. The summed E-state index contributed by atoms with van der Waals surface area (Å²) < 4.78 is 0. The number of nitrogens with one attached hydrogen (secondary N) is 1. The summed E-state index contributed by atoms with van der Waals surface area (Å²) >= 11 is 0. The number of hydrogen-bond acceptors (Lipinski definition) is 3. The molecule has 0 aromatic carbocycles. The van der Waals surface area contributed by atoms with Gasteiger partial charge in [0.15, 0.2) is 0 Å². The van der Waals surface area contributed by atoms with Crippen LogP contribution in [0.5, 0.6) is 0 Å². The van der Waals surface area contributed by atoms with Crippen LogP contribution >= 0.6 is 0 Å². The van der Waals surface area contributed by atoms with E-state index in [1.165, 1.54) is 5.56 Å². The van der Waals surface area contributed by atoms with Crippen molar-refractivity contribution in [3.05, 3.63) is 30.1 Å². The highest BCUT2D eigenvalue weighted by atomic mass is 15.1. The molecule has 1 aromatic heterocycles. The Morgan fingerprint density at radius 1 is 1.25 bits per heavy atom. The highest BCUT2D eigenvalue weighted by Crippen LogP contribution is 1.97. The Kier molecular flexibility index (Phi) is 6.04. The molecule has 0 aliphatic rings. The molecule has 3 nitrogen and oxygen atoms in total. The Labute approximate surface area is 98.9 Å². The zero-order valence-corrected chi connectivity index (χ0v) is 10.6. The topological polar surface area (TPSA) is 28.2 Å². The van der Waals surface area contributed by atoms with E-state index in [1.54, 1.807) is 0 Å². The number of hydrogen-bond donors (Lipinski definition) is 1. The van der Waals surface area contributed by atoms with Crippen molar-refractivity contribution in [2.45, 2.75) is 33.4 Å². The van der Waals surface area contributed by atoms with Crippen LogP contribution in [-0.2, 0) is 6.54 Å². The lowest BCUT2D eigenvalue weighted by Gasteiger charge is -2.23. The van der Waals surface area contributed by atoms with Gasteiger partial charge in [-0.15, -0.1) is 0 Å². The van der Waals surface area contributed by atoms with Gasteiger partial charge in [-0.05, 0) is 37.7 Å². The average molecular weight is 221 g/mol. The standard InChI is InChI=1S/C13H23N3/c1-4-16(5-2)11-12(3)15-10-13-6-8-14-9-7-13/h6-9,12,15H,4-5,10-11H2,1-3H3. The number of nitrogens with zero attached hydrogens (tertiary/aromatic N) is 2. The van der Waals surface area contributed by atoms with E-state index in [-0.39, 0.29) is 0 Å². The highest BCUT2D eigenvalue weighted by molar-refractivity contribution is 5.09. The molecule has 16 heavy (non-hydrogen) atoms. The van der Waals surface area contributed by atoms with Crippen LogP contribution in [0.3, 0.4) is 0 Å². The van der Waals surface area contributed by atoms with Crippen LogP contribution in [0.25, 0.3) is 0 Å². The van der Waals surface area contributed by atoms with Gasteiger partial charge in [-0.25, -0.2) is 0 Å². The Morgan fingerprint density at radius 3 is 2.44 bits per heavy atom. The molecular weight excluding hydrogens is 198 g/mol. The second-order valence-corrected chi connectivity index (χ2v) is 4.12. The minimum absolute atomic E-state index is 0.521. The molecule has 0 spiro atoms. The van der Waals surface area contributed by atoms with E-state index in [4.69, 9.17) is 0 Å². The molecule has 0 amide bonds. The summed E-state index contributed by atoms with van der Waals surface area (Å²) in [5, 5.41) is 3.53. The summed E-state index contributed by atoms with van der Waals surface area (Å²) in [5.41, 5.74) is 1.29. The smallest absolute Gasteiger partial charge is 0.0271 e. The first-order chi connectivity index (χ1) is 7.76. The summed E-state index contributed by atoms with van der Waals surface area (Å²) in [6.07, 6.45) is 3.68. The molecule has 0 saturated heterocycles. The van der Waals surface area contributed by atoms with Crippen LogP contribution in [0.15, 0.2) is 24.5 Å². The van der Waals surface area contributed by atoms with Gasteiger partial charge in [-0.1, -0.05) is 13.8 Å². The molecule has 1 rings (SSSR count). The lowest BCUT2D eigenvalue weighted by atomic mass is 10.2. The monoisotopic (exact) mass is 221 g/mol. The van der Waals surface area contributed by atoms with Gasteiger partial charge in [0.25, 0.3) is 0 Å². The van der Waals surface area contributed by atoms with Gasteiger partial charge in [0.2, 0.25) is 0 Å². The van der Waals surface area contributed by atoms with Gasteiger partial charge >= 0.3 is 0 Å². The van der Waals surface area contributed by atoms with Crippen molar-refractivity contribution in [2.75, 3.05) is 19.6 Å². The predicted molar refractivity (Wildman–Crippen MR) is 68.3 cm³/mol. The predicted octanol–water partition coefficient (Wildman–Crippen LogP) is 1.90. The zero-order chi connectivity index (χ0) is 11.8. The van der Waals surface area contributed by atoms with Crippen molar-refractivity contribution in [1.29, 1.82) is 0 Å². The molecule has 0 saturated carbocycles. The molecule has 1 N–H and O–H groups in total. The fraction of sp³-hybridized carbons (Fsp3) is 0.615. The van der Waals surface area contributed by atoms with E-state index >= 15 is 0 Å². The van der Waals surface area contributed by atoms with Crippen molar-refractivity contribution >= 4 is 0 Å². The van der Waals surface area contributed by atoms with Crippen LogP contribution in [0.2, 0.25) is 0 Å². The minimum atomic E-state index is 0.521. The Hall–Kier alpha value is -0.930. The van der Waals surface area contributed by atoms with Gasteiger partial charge in [0.1, 0.15) is 0 Å². The zero-order valence-electron chi connectivity index (χ0n) is 10.6. The van der Waals surface area contributed by atoms with Crippen molar-refractivity contribution in [2.24, 2.45) is 0 Å². The summed E-state index contributed by atoms with van der Waals surface area (Å²) in [6, 6.07) is 4.63. The van der Waals surface area contributed by atoms with E-state index in [1.807, 2.05) is 12.4 Å². The Morgan fingerprint density at radius 2 is 1.88 bits per heavy atom. The second kappa shape index (κ2) is 7.36. The number of likely N-dealkylation sites (N-methyl/N-ethyl adjacent to an activating group) is 1. The minimum Gasteiger partial charge on any atom is -0.309 e. The number of rotatable bonds is 7. The van der Waals surface area contributed by atoms with Gasteiger partial charge in [0, 0.05) is 31.5 Å². The fourth-order valence-electron chi connectivity index (χ4n) is 1.73. The van der Waals surface area contributed by atoms with E-state index in [0.29, 0.717) is 6.04 Å². The number of pyridine rings is 1. The lowest BCUT2D eigenvalue weighted by molar-refractivity contribution is 0.270. The molecule has 0 radical (unpaired) electrons. The van der Waals surface area contributed by atoms with Crippen molar-refractivity contribution < 1.29 is 0 Å². The quantitative estimate of drug-likeness (QED) is 0.762. The molecule has 0 aliphatic carbocycles. The normalized spacial score (nSPS) is 13.0. The maximum atomic E-state index is 4.01. The van der Waals surface area contributed by atoms with E-state index < -0.39 is 0 Å². The SMILES string of the molecule is CCN(CC)CC(C)NCc1ccncc1. The molecular formula is C13H23N3. The van der Waals surface area contributed by atoms with E-state index in [0.717, 1.165) is 26.2 Å². The first-order valence-corrected chi connectivity index (χ1v) is 6.10. The summed E-state index contributed by atoms with van der Waals surface area (Å²) in [4.78, 5) is 6.45. The maximum Gasteiger partial charge on any atom is 0.0271 e. The third-order valence-corrected chi connectivity index (χ3v) is 2.83. The molecule has 1 atom stereocenters. The van der Waals surface area contributed by atoms with Crippen molar-refractivity contribution in [3.8, 4) is 0 Å². The van der Waals surface area contributed by atoms with Crippen LogP contribution in [0, 0.1) is 0 Å². The third-order valence-electron chi connectivity index (χ3n) is 2.83. The van der Waals surface area contributed by atoms with Crippen LogP contribution in [0.4, 0.5) is 0 Å². The van der Waals surface area contributed by atoms with Crippen molar-refractivity contribution in [1.82, 2.24) is 15.2 Å². The molecule has 90 valence electrons. The van der Waals surface area contributed by atoms with Gasteiger partial charge in [-0.3, -0.25) is 4.98 Å². The van der Waals surface area contributed by atoms with Crippen LogP contribution < -0.4 is 5.32 Å². The molecule has 0 aliphatic heterocycles. The molecule has 1 aromatic rings. The second-order valence-electron chi connectivity index (χ2n) is 4.12. The summed E-state index contributed by atoms with van der Waals surface area (Å²) in [5.74, 6) is 0.